The summed E-state index contributed by atoms with van der Waals surface area (Å²) in [5.74, 6) is -0.0150. The van der Waals surface area contributed by atoms with Gasteiger partial charge >= 0.3 is 0 Å². The average molecular weight is 478 g/mol. The van der Waals surface area contributed by atoms with Crippen molar-refractivity contribution in [3.05, 3.63) is 90.4 Å². The van der Waals surface area contributed by atoms with Crippen molar-refractivity contribution in [2.24, 2.45) is 0 Å². The lowest BCUT2D eigenvalue weighted by Gasteiger charge is -2.13. The molecule has 0 saturated heterocycles. The molecule has 36 heavy (non-hydrogen) atoms. The second-order valence-corrected chi connectivity index (χ2v) is 8.25. The first kappa shape index (κ1) is 22.7. The van der Waals surface area contributed by atoms with Gasteiger partial charge in [0.05, 0.1) is 11.0 Å². The predicted octanol–water partition coefficient (Wildman–Crippen LogP) is 5.28. The number of nitrogens with zero attached hydrogens (tertiary/aromatic N) is 3. The second kappa shape index (κ2) is 9.67. The Hall–Kier alpha value is -5.05. The molecule has 0 fully saturated rings. The number of anilines is 4. The largest absolute Gasteiger partial charge is 0.358 e. The third-order valence-electron chi connectivity index (χ3n) is 5.52. The summed E-state index contributed by atoms with van der Waals surface area (Å²) in [6, 6.07) is 18.0. The fourth-order valence-electron chi connectivity index (χ4n) is 3.86. The zero-order valence-corrected chi connectivity index (χ0v) is 19.7. The number of amides is 2. The van der Waals surface area contributed by atoms with Gasteiger partial charge in [0, 0.05) is 53.7 Å². The molecule has 3 heterocycles. The molecule has 2 aromatic carbocycles. The molecular weight excluding hydrogens is 454 g/mol. The van der Waals surface area contributed by atoms with Gasteiger partial charge in [0.1, 0.15) is 5.69 Å². The summed E-state index contributed by atoms with van der Waals surface area (Å²) in [6.07, 6.45) is 5.32. The molecule has 0 aliphatic rings. The Morgan fingerprint density at radius 1 is 0.917 bits per heavy atom. The standard InChI is InChI=1S/C27H23N7O2/c1-16-13-21(31-26(36)18-5-3-7-20(14-18)30-17(2)35)8-9-22(16)32-27-33-23-10-12-29-25(23)24(34-27)19-6-4-11-28-15-19/h3-15,29H,1-2H3,(H,30,35)(H,31,36)(H,32,33,34). The van der Waals surface area contributed by atoms with E-state index in [0.717, 1.165) is 33.5 Å². The Labute approximate surface area is 207 Å². The van der Waals surface area contributed by atoms with Crippen LogP contribution in [0.1, 0.15) is 22.8 Å². The van der Waals surface area contributed by atoms with Gasteiger partial charge in [-0.15, -0.1) is 0 Å². The molecule has 0 bridgehead atoms. The van der Waals surface area contributed by atoms with E-state index in [4.69, 9.17) is 4.98 Å². The van der Waals surface area contributed by atoms with Gasteiger partial charge in [-0.05, 0) is 67.1 Å². The summed E-state index contributed by atoms with van der Waals surface area (Å²) >= 11 is 0. The summed E-state index contributed by atoms with van der Waals surface area (Å²) in [6.45, 7) is 3.36. The molecule has 0 spiro atoms. The van der Waals surface area contributed by atoms with Gasteiger partial charge in [-0.25, -0.2) is 9.97 Å². The molecule has 0 atom stereocenters. The van der Waals surface area contributed by atoms with Crippen LogP contribution in [0.15, 0.2) is 79.3 Å². The van der Waals surface area contributed by atoms with Crippen molar-refractivity contribution < 1.29 is 9.59 Å². The number of H-pyrrole nitrogens is 1. The van der Waals surface area contributed by atoms with E-state index in [1.165, 1.54) is 6.92 Å². The summed E-state index contributed by atoms with van der Waals surface area (Å²) in [5, 5.41) is 8.88. The fraction of sp³-hybridized carbons (Fsp3) is 0.0741. The minimum Gasteiger partial charge on any atom is -0.358 e. The lowest BCUT2D eigenvalue weighted by Crippen LogP contribution is -2.13. The van der Waals surface area contributed by atoms with Crippen LogP contribution in [0.25, 0.3) is 22.3 Å². The first-order chi connectivity index (χ1) is 17.5. The highest BCUT2D eigenvalue weighted by Crippen LogP contribution is 2.28. The van der Waals surface area contributed by atoms with Gasteiger partial charge in [0.15, 0.2) is 0 Å². The zero-order chi connectivity index (χ0) is 25.1. The molecule has 0 saturated carbocycles. The molecular formula is C27H23N7O2. The Balaban J connectivity index is 1.36. The number of carbonyl (C=O) groups is 2. The number of carbonyl (C=O) groups excluding carboxylic acids is 2. The zero-order valence-electron chi connectivity index (χ0n) is 19.7. The van der Waals surface area contributed by atoms with Crippen LogP contribution in [0.5, 0.6) is 0 Å². The number of aryl methyl sites for hydroxylation is 1. The van der Waals surface area contributed by atoms with Crippen molar-refractivity contribution in [2.75, 3.05) is 16.0 Å². The van der Waals surface area contributed by atoms with E-state index < -0.39 is 0 Å². The van der Waals surface area contributed by atoms with Gasteiger partial charge in [-0.3, -0.25) is 14.6 Å². The van der Waals surface area contributed by atoms with Crippen molar-refractivity contribution in [1.82, 2.24) is 19.9 Å². The van der Waals surface area contributed by atoms with Crippen LogP contribution in [-0.4, -0.2) is 31.8 Å². The summed E-state index contributed by atoms with van der Waals surface area (Å²) in [4.78, 5) is 40.8. The fourth-order valence-corrected chi connectivity index (χ4v) is 3.86. The van der Waals surface area contributed by atoms with Gasteiger partial charge in [-0.1, -0.05) is 6.07 Å². The molecule has 9 heteroatoms. The van der Waals surface area contributed by atoms with Crippen LogP contribution in [-0.2, 0) is 4.79 Å². The normalized spacial score (nSPS) is 10.7. The summed E-state index contributed by atoms with van der Waals surface area (Å²) < 4.78 is 0. The number of aromatic amines is 1. The number of aromatic nitrogens is 4. The lowest BCUT2D eigenvalue weighted by atomic mass is 10.1. The molecule has 178 valence electrons. The molecule has 0 unspecified atom stereocenters. The van der Waals surface area contributed by atoms with Gasteiger partial charge < -0.3 is 20.9 Å². The van der Waals surface area contributed by atoms with Crippen molar-refractivity contribution in [2.45, 2.75) is 13.8 Å². The van der Waals surface area contributed by atoms with E-state index in [2.05, 4.69) is 30.9 Å². The van der Waals surface area contributed by atoms with Gasteiger partial charge in [0.2, 0.25) is 11.9 Å². The topological polar surface area (TPSA) is 125 Å². The third-order valence-corrected chi connectivity index (χ3v) is 5.52. The second-order valence-electron chi connectivity index (χ2n) is 8.25. The van der Waals surface area contributed by atoms with Crippen molar-refractivity contribution >= 4 is 45.9 Å². The quantitative estimate of drug-likeness (QED) is 0.264. The number of rotatable bonds is 6. The first-order valence-electron chi connectivity index (χ1n) is 11.3. The Bertz CT molecular complexity index is 1580. The van der Waals surface area contributed by atoms with Crippen molar-refractivity contribution in [1.29, 1.82) is 0 Å². The maximum Gasteiger partial charge on any atom is 0.255 e. The van der Waals surface area contributed by atoms with Crippen molar-refractivity contribution in [3.8, 4) is 11.3 Å². The predicted molar refractivity (Wildman–Crippen MR) is 140 cm³/mol. The molecule has 0 aliphatic carbocycles. The van der Waals surface area contributed by atoms with Crippen molar-refractivity contribution in [3.63, 3.8) is 0 Å². The van der Waals surface area contributed by atoms with Crippen LogP contribution in [0.2, 0.25) is 0 Å². The minimum absolute atomic E-state index is 0.196. The molecule has 2 amide bonds. The third kappa shape index (κ3) is 4.90. The maximum atomic E-state index is 12.7. The van der Waals surface area contributed by atoms with E-state index in [9.17, 15) is 9.59 Å². The Morgan fingerprint density at radius 3 is 2.56 bits per heavy atom. The minimum atomic E-state index is -0.273. The molecule has 0 aliphatic heterocycles. The highest BCUT2D eigenvalue weighted by molar-refractivity contribution is 6.05. The lowest BCUT2D eigenvalue weighted by molar-refractivity contribution is -0.114. The van der Waals surface area contributed by atoms with Gasteiger partial charge in [-0.2, -0.15) is 0 Å². The summed E-state index contributed by atoms with van der Waals surface area (Å²) in [5.41, 5.74) is 6.63. The van der Waals surface area contributed by atoms with E-state index in [0.29, 0.717) is 22.9 Å². The van der Waals surface area contributed by atoms with Gasteiger partial charge in [0.25, 0.3) is 5.91 Å². The Kier molecular flexibility index (Phi) is 6.10. The highest BCUT2D eigenvalue weighted by Gasteiger charge is 2.13. The molecule has 0 radical (unpaired) electrons. The number of nitrogens with one attached hydrogen (secondary N) is 4. The molecule has 5 aromatic rings. The van der Waals surface area contributed by atoms with E-state index in [1.807, 2.05) is 49.5 Å². The molecule has 9 nitrogen and oxygen atoms in total. The average Bonchev–Trinajstić information content (AvgIpc) is 3.34. The van der Waals surface area contributed by atoms with E-state index in [-0.39, 0.29) is 11.8 Å². The van der Waals surface area contributed by atoms with Crippen LogP contribution in [0.3, 0.4) is 0 Å². The highest BCUT2D eigenvalue weighted by atomic mass is 16.2. The number of hydrogen-bond donors (Lipinski definition) is 4. The first-order valence-corrected chi connectivity index (χ1v) is 11.3. The molecule has 5 rings (SSSR count). The number of fused-ring (bicyclic) bond motifs is 1. The molecule has 3 aromatic heterocycles. The van der Waals surface area contributed by atoms with E-state index in [1.54, 1.807) is 36.7 Å². The maximum absolute atomic E-state index is 12.7. The van der Waals surface area contributed by atoms with Crippen LogP contribution in [0, 0.1) is 6.92 Å². The smallest absolute Gasteiger partial charge is 0.255 e. The number of hydrogen-bond acceptors (Lipinski definition) is 6. The summed E-state index contributed by atoms with van der Waals surface area (Å²) in [7, 11) is 0. The Morgan fingerprint density at radius 2 is 1.78 bits per heavy atom. The van der Waals surface area contributed by atoms with Crippen LogP contribution in [0.4, 0.5) is 23.0 Å². The monoisotopic (exact) mass is 477 g/mol. The number of pyridine rings is 1. The number of benzene rings is 2. The van der Waals surface area contributed by atoms with Crippen LogP contribution >= 0.6 is 0 Å². The van der Waals surface area contributed by atoms with E-state index >= 15 is 0 Å². The van der Waals surface area contributed by atoms with Crippen LogP contribution < -0.4 is 16.0 Å². The SMILES string of the molecule is CC(=O)Nc1cccc(C(=O)Nc2ccc(Nc3nc(-c4cccnc4)c4[nH]ccc4n3)c(C)c2)c1. The molecule has 4 N–H and O–H groups in total.